The standard InChI is InChI=1S/C13H24N2O11S2/c1-7(17)24-12-11(19)10(18)9(6-16)25-13(12)27(20,21)15-4-2-8(3-5-15)26-28(14,22)23/h8-13,16,18-19H,2-6H2,1H3,(H2,14,22,23)/t9-,10+,11-,12-,13-/m1/s1. The van der Waals surface area contributed by atoms with Crippen LogP contribution in [0, 0.1) is 0 Å². The summed E-state index contributed by atoms with van der Waals surface area (Å²) in [5.41, 5.74) is -1.87. The number of piperidine rings is 1. The number of hydrogen-bond acceptors (Lipinski definition) is 11. The number of nitrogens with zero attached hydrogens (tertiary/aromatic N) is 1. The Morgan fingerprint density at radius 1 is 1.18 bits per heavy atom. The first-order chi connectivity index (χ1) is 12.9. The molecule has 2 heterocycles. The predicted molar refractivity (Wildman–Crippen MR) is 91.0 cm³/mol. The van der Waals surface area contributed by atoms with Crippen molar-refractivity contribution in [2.45, 2.75) is 55.7 Å². The molecule has 2 fully saturated rings. The third kappa shape index (κ3) is 5.37. The van der Waals surface area contributed by atoms with Gasteiger partial charge in [0.2, 0.25) is 15.5 Å². The lowest BCUT2D eigenvalue weighted by atomic mass is 10.0. The molecule has 2 rings (SSSR count). The van der Waals surface area contributed by atoms with E-state index in [9.17, 15) is 36.9 Å². The zero-order valence-electron chi connectivity index (χ0n) is 14.9. The van der Waals surface area contributed by atoms with Crippen LogP contribution in [-0.2, 0) is 38.8 Å². The average Bonchev–Trinajstić information content (AvgIpc) is 2.58. The number of ether oxygens (including phenoxy) is 2. The first-order valence-electron chi connectivity index (χ1n) is 8.36. The first kappa shape index (κ1) is 23.4. The van der Waals surface area contributed by atoms with E-state index in [-0.39, 0.29) is 25.9 Å². The van der Waals surface area contributed by atoms with Gasteiger partial charge in [0, 0.05) is 20.0 Å². The minimum Gasteiger partial charge on any atom is -0.456 e. The molecule has 0 aromatic carbocycles. The molecule has 0 saturated carbocycles. The van der Waals surface area contributed by atoms with Crippen molar-refractivity contribution in [1.82, 2.24) is 4.31 Å². The Hall–Kier alpha value is -0.910. The summed E-state index contributed by atoms with van der Waals surface area (Å²) in [6.45, 7) is -0.0620. The van der Waals surface area contributed by atoms with Gasteiger partial charge in [0.25, 0.3) is 0 Å². The van der Waals surface area contributed by atoms with E-state index in [4.69, 9.17) is 14.6 Å². The first-order valence-corrected chi connectivity index (χ1v) is 11.3. The predicted octanol–water partition coefficient (Wildman–Crippen LogP) is -3.63. The van der Waals surface area contributed by atoms with Gasteiger partial charge in [0.1, 0.15) is 18.3 Å². The lowest BCUT2D eigenvalue weighted by Gasteiger charge is -2.43. The lowest BCUT2D eigenvalue weighted by molar-refractivity contribution is -0.220. The number of esters is 1. The van der Waals surface area contributed by atoms with E-state index in [1.807, 2.05) is 0 Å². The number of aliphatic hydroxyl groups excluding tert-OH is 3. The number of hydrogen-bond donors (Lipinski definition) is 4. The molecular weight excluding hydrogens is 424 g/mol. The van der Waals surface area contributed by atoms with Gasteiger partial charge in [-0.25, -0.2) is 13.6 Å². The Labute approximate surface area is 162 Å². The summed E-state index contributed by atoms with van der Waals surface area (Å²) in [6, 6.07) is 0. The van der Waals surface area contributed by atoms with Crippen molar-refractivity contribution in [3.8, 4) is 0 Å². The Morgan fingerprint density at radius 2 is 1.75 bits per heavy atom. The van der Waals surface area contributed by atoms with Crippen molar-refractivity contribution in [2.24, 2.45) is 5.14 Å². The molecule has 0 unspecified atom stereocenters. The molecule has 0 aliphatic carbocycles. The molecule has 0 bridgehead atoms. The molecule has 15 heteroatoms. The highest BCUT2D eigenvalue weighted by atomic mass is 32.2. The number of carbonyl (C=O) groups is 1. The summed E-state index contributed by atoms with van der Waals surface area (Å²) in [4.78, 5) is 11.3. The Kier molecular flexibility index (Phi) is 7.38. The van der Waals surface area contributed by atoms with Gasteiger partial charge in [-0.3, -0.25) is 8.98 Å². The zero-order valence-corrected chi connectivity index (χ0v) is 16.6. The van der Waals surface area contributed by atoms with Crippen molar-refractivity contribution in [3.63, 3.8) is 0 Å². The summed E-state index contributed by atoms with van der Waals surface area (Å²) in [7, 11) is -8.51. The maximum atomic E-state index is 13.0. The summed E-state index contributed by atoms with van der Waals surface area (Å²) in [5, 5.41) is 34.2. The van der Waals surface area contributed by atoms with E-state index < -0.39 is 68.9 Å². The third-order valence-corrected chi connectivity index (χ3v) is 7.04. The van der Waals surface area contributed by atoms with Gasteiger partial charge >= 0.3 is 16.3 Å². The molecule has 13 nitrogen and oxygen atoms in total. The van der Waals surface area contributed by atoms with Crippen LogP contribution in [-0.4, -0.2) is 98.1 Å². The van der Waals surface area contributed by atoms with Crippen molar-refractivity contribution in [1.29, 1.82) is 0 Å². The van der Waals surface area contributed by atoms with Gasteiger partial charge in [-0.1, -0.05) is 0 Å². The van der Waals surface area contributed by atoms with E-state index in [0.29, 0.717) is 0 Å². The second kappa shape index (κ2) is 8.85. The number of carbonyl (C=O) groups excluding carboxylic acids is 1. The van der Waals surface area contributed by atoms with E-state index in [0.717, 1.165) is 11.2 Å². The average molecular weight is 448 g/mol. The molecule has 164 valence electrons. The molecule has 28 heavy (non-hydrogen) atoms. The van der Waals surface area contributed by atoms with Crippen molar-refractivity contribution < 1.29 is 50.6 Å². The molecule has 5 atom stereocenters. The van der Waals surface area contributed by atoms with Crippen molar-refractivity contribution in [3.05, 3.63) is 0 Å². The summed E-state index contributed by atoms with van der Waals surface area (Å²) >= 11 is 0. The van der Waals surface area contributed by atoms with Gasteiger partial charge in [-0.15, -0.1) is 0 Å². The fourth-order valence-electron chi connectivity index (χ4n) is 3.13. The fourth-order valence-corrected chi connectivity index (χ4v) is 5.56. The maximum absolute atomic E-state index is 13.0. The van der Waals surface area contributed by atoms with Gasteiger partial charge < -0.3 is 24.8 Å². The largest absolute Gasteiger partial charge is 0.456 e. The van der Waals surface area contributed by atoms with Crippen LogP contribution in [0.1, 0.15) is 19.8 Å². The van der Waals surface area contributed by atoms with E-state index in [1.165, 1.54) is 0 Å². The number of aliphatic hydroxyl groups is 3. The zero-order chi connectivity index (χ0) is 21.3. The summed E-state index contributed by atoms with van der Waals surface area (Å²) < 4.78 is 63.7. The van der Waals surface area contributed by atoms with E-state index >= 15 is 0 Å². The van der Waals surface area contributed by atoms with E-state index in [1.54, 1.807) is 0 Å². The smallest absolute Gasteiger partial charge is 0.333 e. The minimum atomic E-state index is -4.33. The maximum Gasteiger partial charge on any atom is 0.333 e. The van der Waals surface area contributed by atoms with Gasteiger partial charge in [-0.05, 0) is 12.8 Å². The van der Waals surface area contributed by atoms with Gasteiger partial charge in [-0.2, -0.15) is 12.7 Å². The second-order valence-electron chi connectivity index (χ2n) is 6.51. The highest BCUT2D eigenvalue weighted by Gasteiger charge is 2.53. The van der Waals surface area contributed by atoms with Crippen LogP contribution in [0.5, 0.6) is 0 Å². The van der Waals surface area contributed by atoms with Crippen LogP contribution >= 0.6 is 0 Å². The van der Waals surface area contributed by atoms with Crippen molar-refractivity contribution >= 4 is 26.3 Å². The monoisotopic (exact) mass is 448 g/mol. The Balaban J connectivity index is 2.20. The lowest BCUT2D eigenvalue weighted by Crippen LogP contribution is -2.63. The molecule has 0 aromatic heterocycles. The number of nitrogens with two attached hydrogens (primary N) is 1. The molecule has 2 saturated heterocycles. The molecule has 0 radical (unpaired) electrons. The molecule has 2 aliphatic heterocycles. The van der Waals surface area contributed by atoms with Gasteiger partial charge in [0.05, 0.1) is 12.7 Å². The Bertz CT molecular complexity index is 763. The van der Waals surface area contributed by atoms with Crippen LogP contribution < -0.4 is 5.14 Å². The highest BCUT2D eigenvalue weighted by Crippen LogP contribution is 2.30. The highest BCUT2D eigenvalue weighted by molar-refractivity contribution is 7.89. The summed E-state index contributed by atoms with van der Waals surface area (Å²) in [5.74, 6) is -0.900. The van der Waals surface area contributed by atoms with Crippen LogP contribution in [0.25, 0.3) is 0 Å². The Morgan fingerprint density at radius 3 is 2.21 bits per heavy atom. The van der Waals surface area contributed by atoms with Crippen LogP contribution in [0.3, 0.4) is 0 Å². The quantitative estimate of drug-likeness (QED) is 0.292. The number of rotatable bonds is 6. The van der Waals surface area contributed by atoms with Crippen LogP contribution in [0.4, 0.5) is 0 Å². The van der Waals surface area contributed by atoms with Crippen molar-refractivity contribution in [2.75, 3.05) is 19.7 Å². The third-order valence-electron chi connectivity index (χ3n) is 4.45. The molecule has 2 aliphatic rings. The molecular formula is C13H24N2O11S2. The fraction of sp³-hybridized carbons (Fsp3) is 0.923. The molecule has 0 aromatic rings. The minimum absolute atomic E-state index is 0.0230. The van der Waals surface area contributed by atoms with E-state index in [2.05, 4.69) is 4.18 Å². The van der Waals surface area contributed by atoms with Gasteiger partial charge in [0.15, 0.2) is 6.10 Å². The molecule has 0 amide bonds. The van der Waals surface area contributed by atoms with Crippen LogP contribution in [0.15, 0.2) is 0 Å². The molecule has 5 N–H and O–H groups in total. The number of sulfonamides is 1. The molecule has 0 spiro atoms. The second-order valence-corrected chi connectivity index (χ2v) is 9.70. The SMILES string of the molecule is CC(=O)O[C@@H]1[C@H](O)[C@@H](O)[C@@H](CO)O[C@@H]1S(=O)(=O)N1CCC(OS(N)(=O)=O)CC1. The summed E-state index contributed by atoms with van der Waals surface area (Å²) in [6.07, 6.45) is -7.36. The van der Waals surface area contributed by atoms with Crippen LogP contribution in [0.2, 0.25) is 0 Å². The normalized spacial score (nSPS) is 33.5. The topological polar surface area (TPSA) is 203 Å².